The van der Waals surface area contributed by atoms with E-state index in [9.17, 15) is 19.7 Å². The largest absolute Gasteiger partial charge is 0.354 e. The van der Waals surface area contributed by atoms with Gasteiger partial charge in [0.25, 0.3) is 11.6 Å². The lowest BCUT2D eigenvalue weighted by Gasteiger charge is -2.17. The van der Waals surface area contributed by atoms with E-state index in [1.807, 2.05) is 59.6 Å². The molecule has 0 atom stereocenters. The van der Waals surface area contributed by atoms with E-state index < -0.39 is 4.92 Å². The van der Waals surface area contributed by atoms with E-state index in [4.69, 9.17) is 0 Å². The number of aromatic nitrogens is 2. The van der Waals surface area contributed by atoms with Crippen LogP contribution in [0.3, 0.4) is 0 Å². The first-order valence-electron chi connectivity index (χ1n) is 13.0. The highest BCUT2D eigenvalue weighted by molar-refractivity contribution is 6.37. The minimum absolute atomic E-state index is 0.0951. The number of likely N-dealkylation sites (tertiary alicyclic amines) is 1. The maximum Gasteiger partial charge on any atom is 0.270 e. The molecule has 0 saturated carbocycles. The Hall–Kier alpha value is -5.25. The molecule has 0 spiro atoms. The van der Waals surface area contributed by atoms with E-state index >= 15 is 0 Å². The molecule has 1 aromatic heterocycles. The second-order valence-electron chi connectivity index (χ2n) is 9.78. The van der Waals surface area contributed by atoms with E-state index in [0.29, 0.717) is 35.5 Å². The van der Waals surface area contributed by atoms with Gasteiger partial charge in [0.2, 0.25) is 5.91 Å². The van der Waals surface area contributed by atoms with Crippen molar-refractivity contribution >= 4 is 40.1 Å². The number of nitro benzene ring substituents is 1. The summed E-state index contributed by atoms with van der Waals surface area (Å²) in [5.74, 6) is -0.145. The minimum atomic E-state index is -0.471. The van der Waals surface area contributed by atoms with Gasteiger partial charge in [-0.1, -0.05) is 36.4 Å². The third-order valence-electron chi connectivity index (χ3n) is 7.24. The minimum Gasteiger partial charge on any atom is -0.354 e. The lowest BCUT2D eigenvalue weighted by molar-refractivity contribution is -0.384. The first-order chi connectivity index (χ1) is 19.5. The summed E-state index contributed by atoms with van der Waals surface area (Å²) >= 11 is 0. The van der Waals surface area contributed by atoms with Gasteiger partial charge >= 0.3 is 0 Å². The molecule has 1 saturated heterocycles. The molecule has 2 aliphatic heterocycles. The molecule has 2 amide bonds. The number of benzene rings is 3. The zero-order valence-corrected chi connectivity index (χ0v) is 21.5. The van der Waals surface area contributed by atoms with Crippen molar-refractivity contribution in [2.75, 3.05) is 23.7 Å². The average molecular weight is 535 g/mol. The number of hydrogen-bond donors (Lipinski definition) is 3. The quantitative estimate of drug-likeness (QED) is 0.164. The Kier molecular flexibility index (Phi) is 6.57. The molecule has 6 rings (SSSR count). The van der Waals surface area contributed by atoms with Gasteiger partial charge in [0.05, 0.1) is 28.2 Å². The molecule has 4 aromatic rings. The van der Waals surface area contributed by atoms with Gasteiger partial charge in [-0.15, -0.1) is 0 Å². The summed E-state index contributed by atoms with van der Waals surface area (Å²) in [5.41, 5.74) is 6.06. The van der Waals surface area contributed by atoms with Gasteiger partial charge in [0.1, 0.15) is 0 Å². The van der Waals surface area contributed by atoms with Crippen LogP contribution in [-0.2, 0) is 16.0 Å². The van der Waals surface area contributed by atoms with Gasteiger partial charge in [0.15, 0.2) is 0 Å². The molecular weight excluding hydrogens is 508 g/mol. The van der Waals surface area contributed by atoms with E-state index in [-0.39, 0.29) is 17.5 Å². The van der Waals surface area contributed by atoms with E-state index in [1.54, 1.807) is 12.4 Å². The van der Waals surface area contributed by atoms with Crippen molar-refractivity contribution in [1.82, 2.24) is 14.9 Å². The van der Waals surface area contributed by atoms with Crippen LogP contribution in [0.4, 0.5) is 17.1 Å². The number of hydrogen-bond acceptors (Lipinski definition) is 6. The van der Waals surface area contributed by atoms with Crippen molar-refractivity contribution < 1.29 is 14.5 Å². The van der Waals surface area contributed by atoms with Crippen LogP contribution in [0.5, 0.6) is 0 Å². The summed E-state index contributed by atoms with van der Waals surface area (Å²) in [4.78, 5) is 45.4. The molecule has 0 radical (unpaired) electrons. The van der Waals surface area contributed by atoms with Crippen LogP contribution in [0.25, 0.3) is 22.5 Å². The molecule has 0 unspecified atom stereocenters. The summed E-state index contributed by atoms with van der Waals surface area (Å²) in [6, 6.07) is 19.8. The van der Waals surface area contributed by atoms with Gasteiger partial charge in [0, 0.05) is 60.3 Å². The number of carbonyl (C=O) groups is 2. The number of aromatic amines is 1. The molecule has 10 nitrogen and oxygen atoms in total. The Morgan fingerprint density at radius 3 is 2.52 bits per heavy atom. The van der Waals surface area contributed by atoms with Crippen molar-refractivity contribution in [3.8, 4) is 11.3 Å². The number of amides is 2. The highest BCUT2D eigenvalue weighted by atomic mass is 16.6. The number of nitro groups is 1. The van der Waals surface area contributed by atoms with Crippen LogP contribution < -0.4 is 10.6 Å². The van der Waals surface area contributed by atoms with Crippen molar-refractivity contribution in [3.63, 3.8) is 0 Å². The van der Waals surface area contributed by atoms with Crippen LogP contribution in [-0.4, -0.2) is 44.7 Å². The topological polar surface area (TPSA) is 133 Å². The Morgan fingerprint density at radius 1 is 1.05 bits per heavy atom. The third kappa shape index (κ3) is 4.94. The summed E-state index contributed by atoms with van der Waals surface area (Å²) < 4.78 is 0. The van der Waals surface area contributed by atoms with Crippen LogP contribution in [0.15, 0.2) is 79.3 Å². The van der Waals surface area contributed by atoms with Crippen LogP contribution in [0.1, 0.15) is 29.5 Å². The summed E-state index contributed by atoms with van der Waals surface area (Å²) in [6.07, 6.45) is 5.68. The second-order valence-corrected chi connectivity index (χ2v) is 9.78. The lowest BCUT2D eigenvalue weighted by atomic mass is 9.98. The lowest BCUT2D eigenvalue weighted by Crippen LogP contribution is -2.26. The molecule has 200 valence electrons. The number of fused-ring (bicyclic) bond motifs is 1. The molecule has 40 heavy (non-hydrogen) atoms. The summed E-state index contributed by atoms with van der Waals surface area (Å²) in [6.45, 7) is 1.48. The Labute approximate surface area is 229 Å². The number of carbonyl (C=O) groups excluding carboxylic acids is 2. The summed E-state index contributed by atoms with van der Waals surface area (Å²) in [7, 11) is 0. The fraction of sp³-hybridized carbons (Fsp3) is 0.167. The summed E-state index contributed by atoms with van der Waals surface area (Å²) in [5, 5.41) is 17.7. The zero-order chi connectivity index (χ0) is 27.6. The van der Waals surface area contributed by atoms with Gasteiger partial charge in [-0.2, -0.15) is 0 Å². The maximum atomic E-state index is 13.2. The Bertz CT molecular complexity index is 1630. The van der Waals surface area contributed by atoms with Gasteiger partial charge < -0.3 is 20.5 Å². The third-order valence-corrected chi connectivity index (χ3v) is 7.24. The smallest absolute Gasteiger partial charge is 0.270 e. The molecule has 10 heteroatoms. The number of H-pyrrole nitrogens is 1. The number of imidazole rings is 1. The maximum absolute atomic E-state index is 13.2. The molecule has 1 fully saturated rings. The van der Waals surface area contributed by atoms with E-state index in [1.165, 1.54) is 12.1 Å². The zero-order valence-electron chi connectivity index (χ0n) is 21.5. The number of nitrogens with zero attached hydrogens (tertiary/aromatic N) is 3. The molecule has 0 aliphatic carbocycles. The second kappa shape index (κ2) is 10.5. The van der Waals surface area contributed by atoms with Crippen LogP contribution >= 0.6 is 0 Å². The first kappa shape index (κ1) is 25.1. The predicted octanol–water partition coefficient (Wildman–Crippen LogP) is 5.08. The normalized spacial score (nSPS) is 15.7. The van der Waals surface area contributed by atoms with Gasteiger partial charge in [-0.25, -0.2) is 4.98 Å². The molecule has 3 aromatic carbocycles. The molecule has 3 heterocycles. The SMILES string of the molecule is O=C1Nc2ccc([N+](=O)[O-])cc2C1=C(Nc1ccc(-c2c[nH]cn2)cc1)c1ccc(CCN2CCCC2=O)cc1. The first-order valence-corrected chi connectivity index (χ1v) is 13.0. The number of non-ortho nitro benzene ring substituents is 1. The predicted molar refractivity (Wildman–Crippen MR) is 152 cm³/mol. The molecule has 0 bridgehead atoms. The highest BCUT2D eigenvalue weighted by Gasteiger charge is 2.30. The average Bonchev–Trinajstić information content (AvgIpc) is 3.71. The van der Waals surface area contributed by atoms with Crippen molar-refractivity contribution in [2.24, 2.45) is 0 Å². The standard InChI is InChI=1S/C30H26N6O4/c37-27-2-1-14-35(27)15-13-19-3-5-21(6-4-19)29(33-22-9-7-20(8-10-22)26-17-31-18-32-26)28-24-16-23(36(39)40)11-12-25(24)34-30(28)38/h3-12,16-18,33H,1-2,13-15H2,(H,31,32)(H,34,38). The molecular formula is C30H26N6O4. The Balaban J connectivity index is 1.36. The molecule has 3 N–H and O–H groups in total. The monoisotopic (exact) mass is 534 g/mol. The van der Waals surface area contributed by atoms with Crippen molar-refractivity contribution in [2.45, 2.75) is 19.3 Å². The van der Waals surface area contributed by atoms with Crippen LogP contribution in [0, 0.1) is 10.1 Å². The fourth-order valence-corrected chi connectivity index (χ4v) is 5.13. The van der Waals surface area contributed by atoms with Gasteiger partial charge in [-0.3, -0.25) is 19.7 Å². The van der Waals surface area contributed by atoms with E-state index in [0.717, 1.165) is 47.5 Å². The van der Waals surface area contributed by atoms with E-state index in [2.05, 4.69) is 20.6 Å². The Morgan fingerprint density at radius 2 is 1.85 bits per heavy atom. The fourth-order valence-electron chi connectivity index (χ4n) is 5.13. The van der Waals surface area contributed by atoms with Gasteiger partial charge in [-0.05, 0) is 42.2 Å². The number of rotatable bonds is 8. The number of anilines is 2. The number of nitrogens with one attached hydrogen (secondary N) is 3. The van der Waals surface area contributed by atoms with Crippen molar-refractivity contribution in [3.05, 3.63) is 106 Å². The van der Waals surface area contributed by atoms with Crippen molar-refractivity contribution in [1.29, 1.82) is 0 Å². The highest BCUT2D eigenvalue weighted by Crippen LogP contribution is 2.39. The van der Waals surface area contributed by atoms with Crippen LogP contribution in [0.2, 0.25) is 0 Å². The molecule has 2 aliphatic rings.